The summed E-state index contributed by atoms with van der Waals surface area (Å²) < 4.78 is 0. The van der Waals surface area contributed by atoms with Crippen LogP contribution in [0.3, 0.4) is 0 Å². The molecule has 2 heterocycles. The van der Waals surface area contributed by atoms with Gasteiger partial charge >= 0.3 is 21.1 Å². The quantitative estimate of drug-likeness (QED) is 0.459. The van der Waals surface area contributed by atoms with E-state index in [0.29, 0.717) is 16.6 Å². The third-order valence-electron chi connectivity index (χ3n) is 4.07. The topological polar surface area (TPSA) is 53.2 Å². The van der Waals surface area contributed by atoms with Crippen molar-refractivity contribution in [2.24, 2.45) is 0 Å². The Bertz CT molecular complexity index is 867. The Morgan fingerprint density at radius 2 is 1.70 bits per heavy atom. The van der Waals surface area contributed by atoms with Gasteiger partial charge in [0.25, 0.3) is 5.91 Å². The second-order valence-corrected chi connectivity index (χ2v) is 5.83. The number of hydrogen-bond acceptors (Lipinski definition) is 2. The van der Waals surface area contributed by atoms with E-state index < -0.39 is 0 Å². The molecule has 0 atom stereocenters. The number of amides is 1. The van der Waals surface area contributed by atoms with E-state index in [1.54, 1.807) is 11.0 Å². The number of benzene rings is 2. The fourth-order valence-electron chi connectivity index (χ4n) is 2.78. The van der Waals surface area contributed by atoms with E-state index in [-0.39, 0.29) is 51.0 Å². The number of aromatic amines is 1. The van der Waals surface area contributed by atoms with Gasteiger partial charge in [-0.15, -0.1) is 0 Å². The van der Waals surface area contributed by atoms with Gasteiger partial charge in [0.05, 0.1) is 0 Å². The summed E-state index contributed by atoms with van der Waals surface area (Å²) in [6, 6.07) is 21.2. The first-order chi connectivity index (χ1) is 12.3. The van der Waals surface area contributed by atoms with E-state index in [9.17, 15) is 9.59 Å². The van der Waals surface area contributed by atoms with Crippen LogP contribution in [0, 0.1) is 12.5 Å². The summed E-state index contributed by atoms with van der Waals surface area (Å²) in [5, 5.41) is 0.617. The summed E-state index contributed by atoms with van der Waals surface area (Å²) in [7, 11) is 0. The van der Waals surface area contributed by atoms with Crippen LogP contribution in [0.15, 0.2) is 65.5 Å². The van der Waals surface area contributed by atoms with Crippen LogP contribution in [0.4, 0.5) is 0 Å². The van der Waals surface area contributed by atoms with E-state index >= 15 is 0 Å². The molecule has 0 bridgehead atoms. The largest absolute Gasteiger partial charge is 2.00 e. The van der Waals surface area contributed by atoms with Gasteiger partial charge in [-0.05, 0) is 25.2 Å². The molecule has 0 aliphatic carbocycles. The molecule has 4 rings (SSSR count). The summed E-state index contributed by atoms with van der Waals surface area (Å²) >= 11 is 0. The van der Waals surface area contributed by atoms with Gasteiger partial charge in [-0.2, -0.15) is 49.2 Å². The van der Waals surface area contributed by atoms with Crippen LogP contribution in [-0.4, -0.2) is 28.9 Å². The van der Waals surface area contributed by atoms with Crippen LogP contribution in [0.5, 0.6) is 0 Å². The Labute approximate surface area is 185 Å². The number of piperidine rings is 1. The first kappa shape index (κ1) is 23.4. The molecule has 1 aliphatic rings. The van der Waals surface area contributed by atoms with Gasteiger partial charge in [0, 0.05) is 35.5 Å². The molecular formula is C21H20N2O2VW. The normalized spacial score (nSPS) is 12.8. The fraction of sp³-hybridized carbons (Fsp3) is 0.190. The number of carbonyl (C=O) groups is 1. The van der Waals surface area contributed by atoms with E-state index in [1.165, 1.54) is 6.07 Å². The molecular weight excluding hydrogens is 547 g/mol. The third-order valence-corrected chi connectivity index (χ3v) is 4.07. The molecule has 3 aromatic rings. The Hall–Kier alpha value is -1.61. The second kappa shape index (κ2) is 12.0. The van der Waals surface area contributed by atoms with Gasteiger partial charge in [-0.3, -0.25) is 9.59 Å². The minimum atomic E-state index is -0.110. The summed E-state index contributed by atoms with van der Waals surface area (Å²) in [6.45, 7) is 1.46. The number of para-hydroxylation sites is 1. The van der Waals surface area contributed by atoms with Crippen molar-refractivity contribution in [3.05, 3.63) is 89.1 Å². The first-order valence-electron chi connectivity index (χ1n) is 8.40. The standard InChI is InChI=1S/C15H15N2O2.C6H5.V.W/c18-14-10-13(15(19)17-8-4-1-5-9-17)16-12-7-3-2-6-11(12)14;1-2-4-6-5-3-1;;/h1-3,6-7,10H,4-5,8-9H2,(H,16,18);1-5H;;/q2*-1;;+2. The molecule has 4 nitrogen and oxygen atoms in total. The maximum Gasteiger partial charge on any atom is 2.00 e. The third kappa shape index (κ3) is 6.50. The Kier molecular flexibility index (Phi) is 10.4. The number of rotatable bonds is 1. The van der Waals surface area contributed by atoms with E-state index in [1.807, 2.05) is 48.5 Å². The van der Waals surface area contributed by atoms with Crippen molar-refractivity contribution < 1.29 is 44.4 Å². The SMILES string of the molecule is O=C(c1cc(=O)c2ccccc2[nH]1)N1CC[CH-]CC1.[V].[W+2].[c-]1ccccc1. The summed E-state index contributed by atoms with van der Waals surface area (Å²) in [6.07, 6.45) is 4.03. The minimum Gasteiger partial charge on any atom is -0.350 e. The number of carbonyl (C=O) groups excluding carboxylic acids is 1. The monoisotopic (exact) mass is 567 g/mol. The van der Waals surface area contributed by atoms with Gasteiger partial charge in [0.2, 0.25) is 0 Å². The van der Waals surface area contributed by atoms with Crippen LogP contribution >= 0.6 is 0 Å². The van der Waals surface area contributed by atoms with Crippen molar-refractivity contribution in [1.29, 1.82) is 0 Å². The molecule has 27 heavy (non-hydrogen) atoms. The van der Waals surface area contributed by atoms with Gasteiger partial charge in [0.1, 0.15) is 5.69 Å². The van der Waals surface area contributed by atoms with Crippen molar-refractivity contribution in [2.45, 2.75) is 12.8 Å². The molecule has 0 unspecified atom stereocenters. The summed E-state index contributed by atoms with van der Waals surface area (Å²) in [5.74, 6) is -0.0871. The van der Waals surface area contributed by atoms with Crippen molar-refractivity contribution in [3.8, 4) is 0 Å². The number of nitrogens with zero attached hydrogens (tertiary/aromatic N) is 1. The predicted octanol–water partition coefficient (Wildman–Crippen LogP) is 3.45. The number of likely N-dealkylation sites (tertiary alicyclic amines) is 1. The molecule has 1 N–H and O–H groups in total. The number of aromatic nitrogens is 1. The minimum absolute atomic E-state index is 0. The van der Waals surface area contributed by atoms with Crippen LogP contribution in [-0.2, 0) is 39.6 Å². The first-order valence-corrected chi connectivity index (χ1v) is 8.40. The van der Waals surface area contributed by atoms with Gasteiger partial charge in [-0.25, -0.2) is 0 Å². The number of pyridine rings is 1. The maximum atomic E-state index is 12.3. The number of nitrogens with one attached hydrogen (secondary N) is 1. The van der Waals surface area contributed by atoms with Crippen LogP contribution in [0.2, 0.25) is 0 Å². The van der Waals surface area contributed by atoms with Crippen LogP contribution in [0.1, 0.15) is 23.3 Å². The Balaban J connectivity index is 0.000000393. The van der Waals surface area contributed by atoms with Crippen molar-refractivity contribution >= 4 is 16.8 Å². The summed E-state index contributed by atoms with van der Waals surface area (Å²) in [4.78, 5) is 29.2. The van der Waals surface area contributed by atoms with E-state index in [0.717, 1.165) is 25.9 Å². The molecule has 1 aromatic heterocycles. The van der Waals surface area contributed by atoms with E-state index in [2.05, 4.69) is 17.5 Å². The molecule has 6 heteroatoms. The Morgan fingerprint density at radius 1 is 1.04 bits per heavy atom. The zero-order chi connectivity index (χ0) is 17.5. The molecule has 1 aliphatic heterocycles. The zero-order valence-electron chi connectivity index (χ0n) is 14.8. The molecule has 1 radical (unpaired) electrons. The molecule has 0 saturated carbocycles. The van der Waals surface area contributed by atoms with Crippen LogP contribution in [0.25, 0.3) is 10.9 Å². The maximum absolute atomic E-state index is 12.3. The Morgan fingerprint density at radius 3 is 2.30 bits per heavy atom. The van der Waals surface area contributed by atoms with Gasteiger partial charge in [0.15, 0.2) is 5.43 Å². The molecule has 2 aromatic carbocycles. The average molecular weight is 567 g/mol. The smallest absolute Gasteiger partial charge is 0.350 e. The molecule has 1 fully saturated rings. The van der Waals surface area contributed by atoms with Crippen molar-refractivity contribution in [1.82, 2.24) is 9.88 Å². The van der Waals surface area contributed by atoms with Gasteiger partial charge < -0.3 is 16.3 Å². The van der Waals surface area contributed by atoms with Crippen molar-refractivity contribution in [3.63, 3.8) is 0 Å². The fourth-order valence-corrected chi connectivity index (χ4v) is 2.78. The molecule has 1 saturated heterocycles. The number of fused-ring (bicyclic) bond motifs is 1. The van der Waals surface area contributed by atoms with Gasteiger partial charge in [-0.1, -0.05) is 12.1 Å². The summed E-state index contributed by atoms with van der Waals surface area (Å²) in [5.41, 5.74) is 0.980. The average Bonchev–Trinajstić information content (AvgIpc) is 2.70. The molecule has 1 amide bonds. The second-order valence-electron chi connectivity index (χ2n) is 5.83. The van der Waals surface area contributed by atoms with E-state index in [4.69, 9.17) is 0 Å². The zero-order valence-corrected chi connectivity index (χ0v) is 19.1. The van der Waals surface area contributed by atoms with Crippen LogP contribution < -0.4 is 5.43 Å². The number of H-pyrrole nitrogens is 1. The number of hydrogen-bond donors (Lipinski definition) is 1. The van der Waals surface area contributed by atoms with Crippen molar-refractivity contribution in [2.75, 3.05) is 13.1 Å². The molecule has 0 spiro atoms. The molecule has 137 valence electrons. The predicted molar refractivity (Wildman–Crippen MR) is 99.3 cm³/mol.